The lowest BCUT2D eigenvalue weighted by atomic mass is 10.1. The van der Waals surface area contributed by atoms with Crippen molar-refractivity contribution < 1.29 is 23.9 Å². The van der Waals surface area contributed by atoms with E-state index in [1.54, 1.807) is 43.3 Å². The first-order valence-electron chi connectivity index (χ1n) is 9.57. The number of rotatable bonds is 9. The fourth-order valence-corrected chi connectivity index (χ4v) is 2.53. The molecule has 1 N–H and O–H groups in total. The molecule has 1 amide bonds. The fraction of sp³-hybridized carbons (Fsp3) is 0.348. The lowest BCUT2D eigenvalue weighted by Gasteiger charge is -2.14. The van der Waals surface area contributed by atoms with Crippen LogP contribution in [-0.4, -0.2) is 30.4 Å². The standard InChI is InChI=1S/C23H27NO5/c1-15(2)13-22(26)24-19-9-7-18(8-10-19)21(25)14-28-23(27)17(4)29-20-11-5-16(3)6-12-20/h5-12,15,17H,13-14H2,1-4H3,(H,24,26). The smallest absolute Gasteiger partial charge is 0.347 e. The number of hydrogen-bond acceptors (Lipinski definition) is 5. The molecule has 0 aliphatic rings. The van der Waals surface area contributed by atoms with Crippen molar-refractivity contribution in [3.05, 3.63) is 59.7 Å². The zero-order chi connectivity index (χ0) is 21.4. The summed E-state index contributed by atoms with van der Waals surface area (Å²) in [7, 11) is 0. The van der Waals surface area contributed by atoms with E-state index in [4.69, 9.17) is 9.47 Å². The quantitative estimate of drug-likeness (QED) is 0.507. The number of esters is 1. The highest BCUT2D eigenvalue weighted by atomic mass is 16.6. The zero-order valence-corrected chi connectivity index (χ0v) is 17.2. The van der Waals surface area contributed by atoms with Gasteiger partial charge in [0.05, 0.1) is 0 Å². The summed E-state index contributed by atoms with van der Waals surface area (Å²) in [5.41, 5.74) is 2.10. The van der Waals surface area contributed by atoms with Crippen LogP contribution in [0.3, 0.4) is 0 Å². The van der Waals surface area contributed by atoms with Gasteiger partial charge < -0.3 is 14.8 Å². The van der Waals surface area contributed by atoms with Crippen molar-refractivity contribution in [2.75, 3.05) is 11.9 Å². The van der Waals surface area contributed by atoms with E-state index in [1.807, 2.05) is 32.9 Å². The van der Waals surface area contributed by atoms with Gasteiger partial charge in [0.1, 0.15) is 5.75 Å². The highest BCUT2D eigenvalue weighted by Gasteiger charge is 2.18. The largest absolute Gasteiger partial charge is 0.479 e. The number of benzene rings is 2. The molecule has 2 aromatic rings. The summed E-state index contributed by atoms with van der Waals surface area (Å²) >= 11 is 0. The Hall–Kier alpha value is -3.15. The molecule has 0 saturated heterocycles. The van der Waals surface area contributed by atoms with Gasteiger partial charge in [0.25, 0.3) is 0 Å². The van der Waals surface area contributed by atoms with Crippen LogP contribution in [0.4, 0.5) is 5.69 Å². The van der Waals surface area contributed by atoms with Crippen molar-refractivity contribution in [1.29, 1.82) is 0 Å². The normalized spacial score (nSPS) is 11.6. The maximum absolute atomic E-state index is 12.2. The number of amides is 1. The third kappa shape index (κ3) is 7.41. The van der Waals surface area contributed by atoms with Crippen molar-refractivity contribution >= 4 is 23.3 Å². The highest BCUT2D eigenvalue weighted by molar-refractivity contribution is 5.99. The predicted molar refractivity (Wildman–Crippen MR) is 111 cm³/mol. The zero-order valence-electron chi connectivity index (χ0n) is 17.2. The van der Waals surface area contributed by atoms with Gasteiger partial charge in [-0.1, -0.05) is 31.5 Å². The van der Waals surface area contributed by atoms with Crippen LogP contribution < -0.4 is 10.1 Å². The highest BCUT2D eigenvalue weighted by Crippen LogP contribution is 2.15. The second kappa shape index (κ2) is 10.4. The maximum Gasteiger partial charge on any atom is 0.347 e. The number of nitrogens with one attached hydrogen (secondary N) is 1. The monoisotopic (exact) mass is 397 g/mol. The van der Waals surface area contributed by atoms with Crippen LogP contribution in [0.5, 0.6) is 5.75 Å². The molecule has 6 heteroatoms. The van der Waals surface area contributed by atoms with E-state index in [-0.39, 0.29) is 24.2 Å². The van der Waals surface area contributed by atoms with Crippen molar-refractivity contribution in [2.45, 2.75) is 40.2 Å². The Kier molecular flexibility index (Phi) is 7.95. The number of ketones is 1. The van der Waals surface area contributed by atoms with Crippen LogP contribution in [0.1, 0.15) is 43.1 Å². The minimum absolute atomic E-state index is 0.0735. The fourth-order valence-electron chi connectivity index (χ4n) is 2.53. The molecule has 0 saturated carbocycles. The Morgan fingerprint density at radius 1 is 0.931 bits per heavy atom. The lowest BCUT2D eigenvalue weighted by Crippen LogP contribution is -2.28. The van der Waals surface area contributed by atoms with E-state index < -0.39 is 12.1 Å². The molecule has 0 bridgehead atoms. The molecule has 0 fully saturated rings. The minimum Gasteiger partial charge on any atom is -0.479 e. The van der Waals surface area contributed by atoms with Crippen LogP contribution in [0.2, 0.25) is 0 Å². The van der Waals surface area contributed by atoms with Gasteiger partial charge in [0.2, 0.25) is 5.91 Å². The topological polar surface area (TPSA) is 81.7 Å². The molecular formula is C23H27NO5. The van der Waals surface area contributed by atoms with Gasteiger partial charge in [-0.2, -0.15) is 0 Å². The number of anilines is 1. The van der Waals surface area contributed by atoms with E-state index in [0.29, 0.717) is 23.4 Å². The molecule has 6 nitrogen and oxygen atoms in total. The van der Waals surface area contributed by atoms with Crippen LogP contribution in [0, 0.1) is 12.8 Å². The molecular weight excluding hydrogens is 370 g/mol. The third-order valence-electron chi connectivity index (χ3n) is 4.10. The van der Waals surface area contributed by atoms with Crippen LogP contribution in [0.15, 0.2) is 48.5 Å². The Morgan fingerprint density at radius 2 is 1.55 bits per heavy atom. The van der Waals surface area contributed by atoms with Crippen molar-refractivity contribution in [2.24, 2.45) is 5.92 Å². The second-order valence-electron chi connectivity index (χ2n) is 7.33. The summed E-state index contributed by atoms with van der Waals surface area (Å²) in [6.07, 6.45) is -0.400. The van der Waals surface area contributed by atoms with Crippen LogP contribution >= 0.6 is 0 Å². The Morgan fingerprint density at radius 3 is 2.14 bits per heavy atom. The molecule has 0 radical (unpaired) electrons. The summed E-state index contributed by atoms with van der Waals surface area (Å²) in [4.78, 5) is 36.1. The van der Waals surface area contributed by atoms with Crippen molar-refractivity contribution in [3.8, 4) is 5.75 Å². The van der Waals surface area contributed by atoms with Gasteiger partial charge in [-0.15, -0.1) is 0 Å². The van der Waals surface area contributed by atoms with Gasteiger partial charge in [-0.25, -0.2) is 4.79 Å². The molecule has 29 heavy (non-hydrogen) atoms. The number of aryl methyl sites for hydroxylation is 1. The molecule has 0 aliphatic heterocycles. The molecule has 1 unspecified atom stereocenters. The molecule has 0 spiro atoms. The average Bonchev–Trinajstić information content (AvgIpc) is 2.67. The molecule has 0 heterocycles. The molecule has 2 aromatic carbocycles. The van der Waals surface area contributed by atoms with Crippen LogP contribution in [0.25, 0.3) is 0 Å². The number of Topliss-reactive ketones (excluding diaryl/α,β-unsaturated/α-hetero) is 1. The minimum atomic E-state index is -0.830. The number of carbonyl (C=O) groups excluding carboxylic acids is 3. The molecule has 2 rings (SSSR count). The first-order chi connectivity index (χ1) is 13.7. The summed E-state index contributed by atoms with van der Waals surface area (Å²) in [5.74, 6) is -0.197. The summed E-state index contributed by atoms with van der Waals surface area (Å²) < 4.78 is 10.6. The number of carbonyl (C=O) groups is 3. The molecule has 0 aliphatic carbocycles. The van der Waals surface area contributed by atoms with E-state index >= 15 is 0 Å². The van der Waals surface area contributed by atoms with Gasteiger partial charge >= 0.3 is 5.97 Å². The maximum atomic E-state index is 12.2. The van der Waals surface area contributed by atoms with Gasteiger partial charge in [-0.05, 0) is 56.2 Å². The Bertz CT molecular complexity index is 841. The Labute approximate surface area is 171 Å². The summed E-state index contributed by atoms with van der Waals surface area (Å²) in [6, 6.07) is 13.8. The van der Waals surface area contributed by atoms with Crippen LogP contribution in [-0.2, 0) is 14.3 Å². The SMILES string of the molecule is Cc1ccc(OC(C)C(=O)OCC(=O)c2ccc(NC(=O)CC(C)C)cc2)cc1. The van der Waals surface area contributed by atoms with E-state index in [0.717, 1.165) is 5.56 Å². The van der Waals surface area contributed by atoms with E-state index in [9.17, 15) is 14.4 Å². The first-order valence-corrected chi connectivity index (χ1v) is 9.57. The Balaban J connectivity index is 1.82. The van der Waals surface area contributed by atoms with E-state index in [2.05, 4.69) is 5.32 Å². The second-order valence-corrected chi connectivity index (χ2v) is 7.33. The van der Waals surface area contributed by atoms with Gasteiger partial charge in [0.15, 0.2) is 18.5 Å². The van der Waals surface area contributed by atoms with Gasteiger partial charge in [0, 0.05) is 17.7 Å². The number of ether oxygens (including phenoxy) is 2. The average molecular weight is 397 g/mol. The number of hydrogen-bond donors (Lipinski definition) is 1. The first kappa shape index (κ1) is 22.1. The lowest BCUT2D eigenvalue weighted by molar-refractivity contribution is -0.149. The molecule has 0 aromatic heterocycles. The van der Waals surface area contributed by atoms with Crippen molar-refractivity contribution in [1.82, 2.24) is 0 Å². The summed E-state index contributed by atoms with van der Waals surface area (Å²) in [5, 5.41) is 2.78. The van der Waals surface area contributed by atoms with Crippen molar-refractivity contribution in [3.63, 3.8) is 0 Å². The summed E-state index contributed by atoms with van der Waals surface area (Å²) in [6.45, 7) is 7.09. The molecule has 154 valence electrons. The predicted octanol–water partition coefficient (Wildman–Crippen LogP) is 4.17. The third-order valence-corrected chi connectivity index (χ3v) is 4.10. The molecule has 1 atom stereocenters. The van der Waals surface area contributed by atoms with Gasteiger partial charge in [-0.3, -0.25) is 9.59 Å². The van der Waals surface area contributed by atoms with E-state index in [1.165, 1.54) is 0 Å².